The normalized spacial score (nSPS) is 15.8. The Bertz CT molecular complexity index is 697. The van der Waals surface area contributed by atoms with Crippen LogP contribution >= 0.6 is 11.6 Å². The van der Waals surface area contributed by atoms with Crippen molar-refractivity contribution in [2.45, 2.75) is 26.2 Å². The number of rotatable bonds is 4. The van der Waals surface area contributed by atoms with Crippen LogP contribution in [0.25, 0.3) is 11.3 Å². The number of carbonyl (C=O) groups is 1. The number of Topliss-reactive ketones (excluding diaryl/α,β-unsaturated/α-hetero) is 1. The summed E-state index contributed by atoms with van der Waals surface area (Å²) >= 11 is 5.98. The molecule has 0 radical (unpaired) electrons. The van der Waals surface area contributed by atoms with Crippen LogP contribution in [0, 0.1) is 6.92 Å². The molecular weight excluding hydrogens is 308 g/mol. The van der Waals surface area contributed by atoms with Gasteiger partial charge in [-0.15, -0.1) is 0 Å². The van der Waals surface area contributed by atoms with Gasteiger partial charge in [-0.05, 0) is 56.1 Å². The number of ketones is 1. The van der Waals surface area contributed by atoms with Gasteiger partial charge in [0.15, 0.2) is 5.78 Å². The molecule has 1 aromatic carbocycles. The van der Waals surface area contributed by atoms with Gasteiger partial charge in [-0.2, -0.15) is 0 Å². The van der Waals surface area contributed by atoms with E-state index in [0.717, 1.165) is 40.5 Å². The van der Waals surface area contributed by atoms with Crippen LogP contribution in [0.5, 0.6) is 0 Å². The Kier molecular flexibility index (Phi) is 4.88. The number of aromatic nitrogens is 1. The highest BCUT2D eigenvalue weighted by atomic mass is 35.5. The second-order valence-corrected chi connectivity index (χ2v) is 6.83. The van der Waals surface area contributed by atoms with E-state index in [-0.39, 0.29) is 5.78 Å². The van der Waals surface area contributed by atoms with E-state index in [2.05, 4.69) is 4.90 Å². The molecule has 0 bridgehead atoms. The number of piperidine rings is 1. The molecule has 4 heteroatoms. The van der Waals surface area contributed by atoms with E-state index in [0.29, 0.717) is 6.54 Å². The summed E-state index contributed by atoms with van der Waals surface area (Å²) in [5, 5.41) is 0.724. The molecule has 3 rings (SSSR count). The molecule has 0 spiro atoms. The van der Waals surface area contributed by atoms with Crippen molar-refractivity contribution in [3.8, 4) is 11.3 Å². The predicted octanol–water partition coefficient (Wildman–Crippen LogP) is 4.32. The van der Waals surface area contributed by atoms with Gasteiger partial charge in [0, 0.05) is 23.8 Å². The Hall–Kier alpha value is -1.58. The van der Waals surface area contributed by atoms with Crippen molar-refractivity contribution in [2.75, 3.05) is 19.6 Å². The van der Waals surface area contributed by atoms with Gasteiger partial charge in [0.25, 0.3) is 0 Å². The molecule has 0 N–H and O–H groups in total. The average Bonchev–Trinajstić information content (AvgIpc) is 2.84. The van der Waals surface area contributed by atoms with E-state index >= 15 is 0 Å². The number of benzene rings is 1. The fourth-order valence-corrected chi connectivity index (χ4v) is 3.59. The molecule has 2 aromatic rings. The molecule has 0 aliphatic carbocycles. The highest BCUT2D eigenvalue weighted by Crippen LogP contribution is 2.28. The summed E-state index contributed by atoms with van der Waals surface area (Å²) in [6, 6.07) is 7.78. The minimum Gasteiger partial charge on any atom is -0.350 e. The summed E-state index contributed by atoms with van der Waals surface area (Å²) < 4.78 is 2.04. The van der Waals surface area contributed by atoms with Crippen molar-refractivity contribution in [1.29, 1.82) is 0 Å². The molecule has 23 heavy (non-hydrogen) atoms. The molecule has 0 atom stereocenters. The predicted molar refractivity (Wildman–Crippen MR) is 95.2 cm³/mol. The van der Waals surface area contributed by atoms with E-state index in [1.165, 1.54) is 19.3 Å². The van der Waals surface area contributed by atoms with Crippen LogP contribution < -0.4 is 0 Å². The second kappa shape index (κ2) is 6.90. The van der Waals surface area contributed by atoms with Crippen LogP contribution in [0.2, 0.25) is 5.02 Å². The lowest BCUT2D eigenvalue weighted by Gasteiger charge is -2.25. The number of halogens is 1. The molecule has 0 saturated carbocycles. The Labute approximate surface area is 142 Å². The van der Waals surface area contributed by atoms with E-state index in [1.807, 2.05) is 49.0 Å². The fourth-order valence-electron chi connectivity index (χ4n) is 3.46. The summed E-state index contributed by atoms with van der Waals surface area (Å²) in [7, 11) is 1.99. The van der Waals surface area contributed by atoms with Crippen LogP contribution in [0.4, 0.5) is 0 Å². The van der Waals surface area contributed by atoms with Crippen LogP contribution in [-0.2, 0) is 7.05 Å². The molecular formula is C19H23ClN2O. The SMILES string of the molecule is Cc1c(C(=O)CN2CCCCC2)cn(C)c1-c1ccc(Cl)cc1. The van der Waals surface area contributed by atoms with Gasteiger partial charge < -0.3 is 4.57 Å². The van der Waals surface area contributed by atoms with Gasteiger partial charge >= 0.3 is 0 Å². The van der Waals surface area contributed by atoms with Gasteiger partial charge in [0.2, 0.25) is 0 Å². The van der Waals surface area contributed by atoms with E-state index < -0.39 is 0 Å². The third kappa shape index (κ3) is 3.51. The molecule has 1 aliphatic rings. The number of aryl methyl sites for hydroxylation is 1. The Morgan fingerprint density at radius 1 is 1.13 bits per heavy atom. The number of nitrogens with zero attached hydrogens (tertiary/aromatic N) is 2. The molecule has 1 aromatic heterocycles. The lowest BCUT2D eigenvalue weighted by atomic mass is 10.0. The highest BCUT2D eigenvalue weighted by Gasteiger charge is 2.20. The fraction of sp³-hybridized carbons (Fsp3) is 0.421. The average molecular weight is 331 g/mol. The first kappa shape index (κ1) is 16.3. The molecule has 1 saturated heterocycles. The van der Waals surface area contributed by atoms with Gasteiger partial charge in [-0.1, -0.05) is 30.2 Å². The van der Waals surface area contributed by atoms with Gasteiger partial charge in [0.1, 0.15) is 0 Å². The minimum atomic E-state index is 0.222. The van der Waals surface area contributed by atoms with E-state index in [1.54, 1.807) is 0 Å². The number of carbonyl (C=O) groups excluding carboxylic acids is 1. The monoisotopic (exact) mass is 330 g/mol. The quantitative estimate of drug-likeness (QED) is 0.780. The van der Waals surface area contributed by atoms with E-state index in [9.17, 15) is 4.79 Å². The molecule has 1 aliphatic heterocycles. The zero-order valence-corrected chi connectivity index (χ0v) is 14.6. The van der Waals surface area contributed by atoms with Gasteiger partial charge in [-0.25, -0.2) is 0 Å². The van der Waals surface area contributed by atoms with Crippen molar-refractivity contribution in [1.82, 2.24) is 9.47 Å². The first-order valence-corrected chi connectivity index (χ1v) is 8.61. The minimum absolute atomic E-state index is 0.222. The summed E-state index contributed by atoms with van der Waals surface area (Å²) in [5.41, 5.74) is 4.06. The zero-order valence-electron chi connectivity index (χ0n) is 13.8. The maximum atomic E-state index is 12.7. The maximum absolute atomic E-state index is 12.7. The molecule has 1 fully saturated rings. The molecule has 122 valence electrons. The largest absolute Gasteiger partial charge is 0.350 e. The smallest absolute Gasteiger partial charge is 0.178 e. The van der Waals surface area contributed by atoms with Crippen LogP contribution in [0.15, 0.2) is 30.5 Å². The van der Waals surface area contributed by atoms with Crippen molar-refractivity contribution in [3.63, 3.8) is 0 Å². The third-order valence-corrected chi connectivity index (χ3v) is 4.92. The van der Waals surface area contributed by atoms with Crippen molar-refractivity contribution >= 4 is 17.4 Å². The Balaban J connectivity index is 1.85. The summed E-state index contributed by atoms with van der Waals surface area (Å²) in [6.45, 7) is 4.65. The highest BCUT2D eigenvalue weighted by molar-refractivity contribution is 6.30. The summed E-state index contributed by atoms with van der Waals surface area (Å²) in [6.07, 6.45) is 5.66. The van der Waals surface area contributed by atoms with Crippen molar-refractivity contribution in [2.24, 2.45) is 7.05 Å². The van der Waals surface area contributed by atoms with Crippen molar-refractivity contribution in [3.05, 3.63) is 46.6 Å². The van der Waals surface area contributed by atoms with Crippen LogP contribution in [0.3, 0.4) is 0 Å². The molecule has 0 unspecified atom stereocenters. The Morgan fingerprint density at radius 2 is 1.78 bits per heavy atom. The molecule has 3 nitrogen and oxygen atoms in total. The standard InChI is InChI=1S/C19H23ClN2O/c1-14-17(18(23)13-22-10-4-3-5-11-22)12-21(2)19(14)15-6-8-16(20)9-7-15/h6-9,12H,3-5,10-11,13H2,1-2H3. The Morgan fingerprint density at radius 3 is 2.43 bits per heavy atom. The van der Waals surface area contributed by atoms with Crippen LogP contribution in [-0.4, -0.2) is 34.9 Å². The number of likely N-dealkylation sites (tertiary alicyclic amines) is 1. The summed E-state index contributed by atoms with van der Waals surface area (Å²) in [5.74, 6) is 0.222. The first-order chi connectivity index (χ1) is 11.1. The first-order valence-electron chi connectivity index (χ1n) is 8.23. The van der Waals surface area contributed by atoms with Crippen molar-refractivity contribution < 1.29 is 4.79 Å². The van der Waals surface area contributed by atoms with Gasteiger partial charge in [0.05, 0.1) is 12.2 Å². The lowest BCUT2D eigenvalue weighted by Crippen LogP contribution is -2.34. The molecule has 2 heterocycles. The lowest BCUT2D eigenvalue weighted by molar-refractivity contribution is 0.0915. The number of hydrogen-bond acceptors (Lipinski definition) is 2. The second-order valence-electron chi connectivity index (χ2n) is 6.39. The third-order valence-electron chi connectivity index (χ3n) is 4.67. The van der Waals surface area contributed by atoms with E-state index in [4.69, 9.17) is 11.6 Å². The zero-order chi connectivity index (χ0) is 16.4. The maximum Gasteiger partial charge on any atom is 0.178 e. The molecule has 0 amide bonds. The summed E-state index contributed by atoms with van der Waals surface area (Å²) in [4.78, 5) is 15.0. The topological polar surface area (TPSA) is 25.2 Å². The van der Waals surface area contributed by atoms with Gasteiger partial charge in [-0.3, -0.25) is 9.69 Å². The van der Waals surface area contributed by atoms with Crippen LogP contribution in [0.1, 0.15) is 35.2 Å². The number of hydrogen-bond donors (Lipinski definition) is 0.